The predicted molar refractivity (Wildman–Crippen MR) is 110 cm³/mol. The molecule has 1 atom stereocenters. The Labute approximate surface area is 162 Å². The minimum atomic E-state index is -0.778. The van der Waals surface area contributed by atoms with Crippen molar-refractivity contribution < 1.29 is 9.59 Å². The number of rotatable bonds is 4. The number of ketones is 1. The van der Waals surface area contributed by atoms with Crippen molar-refractivity contribution in [3.63, 3.8) is 0 Å². The maximum absolute atomic E-state index is 12.5. The van der Waals surface area contributed by atoms with Crippen LogP contribution in [0.2, 0.25) is 0 Å². The number of carbonyl (C=O) groups excluding carboxylic acids is 2. The van der Waals surface area contributed by atoms with E-state index in [1.807, 2.05) is 36.4 Å². The number of nitrogens with one attached hydrogen (secondary N) is 2. The third-order valence-corrected chi connectivity index (χ3v) is 5.10. The Hall–Kier alpha value is -3.67. The molecule has 1 aromatic heterocycles. The third-order valence-electron chi connectivity index (χ3n) is 5.10. The number of amides is 1. The summed E-state index contributed by atoms with van der Waals surface area (Å²) in [6.07, 6.45) is 8.25. The average molecular weight is 372 g/mol. The monoisotopic (exact) mass is 372 g/mol. The van der Waals surface area contributed by atoms with Gasteiger partial charge in [0, 0.05) is 22.3 Å². The fraction of sp³-hybridized carbons (Fsp3) is 0.136. The van der Waals surface area contributed by atoms with Crippen molar-refractivity contribution in [3.05, 3.63) is 78.0 Å². The van der Waals surface area contributed by atoms with Crippen molar-refractivity contribution in [1.82, 2.24) is 10.2 Å². The summed E-state index contributed by atoms with van der Waals surface area (Å²) in [4.78, 5) is 25.1. The van der Waals surface area contributed by atoms with Crippen molar-refractivity contribution in [3.8, 4) is 0 Å². The molecule has 0 saturated carbocycles. The highest BCUT2D eigenvalue weighted by Gasteiger charge is 2.37. The fourth-order valence-electron chi connectivity index (χ4n) is 3.55. The molecule has 0 aliphatic heterocycles. The van der Waals surface area contributed by atoms with Gasteiger partial charge in [0.1, 0.15) is 5.78 Å². The Morgan fingerprint density at radius 2 is 2.04 bits per heavy atom. The van der Waals surface area contributed by atoms with Crippen LogP contribution in [0, 0.1) is 0 Å². The number of carbonyl (C=O) groups is 2. The first-order valence-electron chi connectivity index (χ1n) is 9.00. The molecule has 1 amide bonds. The number of nitrogens with two attached hydrogens (primary N) is 1. The van der Waals surface area contributed by atoms with E-state index in [1.54, 1.807) is 37.3 Å². The van der Waals surface area contributed by atoms with E-state index in [2.05, 4.69) is 15.5 Å². The fourth-order valence-corrected chi connectivity index (χ4v) is 3.55. The predicted octanol–water partition coefficient (Wildman–Crippen LogP) is 3.74. The number of hydrogen-bond acceptors (Lipinski definition) is 4. The van der Waals surface area contributed by atoms with Crippen LogP contribution in [0.5, 0.6) is 0 Å². The molecule has 28 heavy (non-hydrogen) atoms. The van der Waals surface area contributed by atoms with Crippen molar-refractivity contribution in [2.45, 2.75) is 18.8 Å². The Bertz CT molecular complexity index is 1140. The highest BCUT2D eigenvalue weighted by Crippen LogP contribution is 2.37. The summed E-state index contributed by atoms with van der Waals surface area (Å²) in [6, 6.07) is 12.2. The van der Waals surface area contributed by atoms with Gasteiger partial charge in [-0.05, 0) is 49.7 Å². The average Bonchev–Trinajstić information content (AvgIpc) is 3.12. The van der Waals surface area contributed by atoms with Gasteiger partial charge in [0.2, 0.25) is 0 Å². The van der Waals surface area contributed by atoms with E-state index >= 15 is 0 Å². The number of Topliss-reactive ketones (excluding diaryl/α,β-unsaturated/α-hetero) is 1. The molecule has 0 bridgehead atoms. The van der Waals surface area contributed by atoms with Gasteiger partial charge < -0.3 is 11.1 Å². The van der Waals surface area contributed by atoms with Crippen molar-refractivity contribution in [2.75, 3.05) is 11.1 Å². The molecule has 3 aromatic rings. The first-order valence-corrected chi connectivity index (χ1v) is 9.00. The van der Waals surface area contributed by atoms with E-state index in [9.17, 15) is 9.59 Å². The summed E-state index contributed by atoms with van der Waals surface area (Å²) < 4.78 is 0. The number of aromatic amines is 1. The summed E-state index contributed by atoms with van der Waals surface area (Å²) in [5.74, 6) is -0.216. The van der Waals surface area contributed by atoms with Crippen LogP contribution in [0.4, 0.5) is 11.4 Å². The molecule has 2 aromatic carbocycles. The van der Waals surface area contributed by atoms with Crippen LogP contribution >= 0.6 is 0 Å². The largest absolute Gasteiger partial charge is 0.399 e. The van der Waals surface area contributed by atoms with Gasteiger partial charge in [-0.1, -0.05) is 30.4 Å². The van der Waals surface area contributed by atoms with Crippen molar-refractivity contribution in [1.29, 1.82) is 0 Å². The normalized spacial score (nSPS) is 18.3. The van der Waals surface area contributed by atoms with Crippen LogP contribution in [0.3, 0.4) is 0 Å². The zero-order valence-electron chi connectivity index (χ0n) is 15.4. The van der Waals surface area contributed by atoms with Crippen molar-refractivity contribution >= 4 is 34.0 Å². The number of nitrogen functional groups attached to an aromatic ring is 1. The van der Waals surface area contributed by atoms with Crippen LogP contribution in [0.15, 0.2) is 66.8 Å². The van der Waals surface area contributed by atoms with Crippen LogP contribution in [-0.2, 0) is 10.2 Å². The van der Waals surface area contributed by atoms with Crippen LogP contribution in [-0.4, -0.2) is 21.9 Å². The van der Waals surface area contributed by atoms with Crippen LogP contribution in [0.1, 0.15) is 29.4 Å². The summed E-state index contributed by atoms with van der Waals surface area (Å²) in [5.41, 5.74) is 8.08. The Balaban J connectivity index is 1.72. The number of fused-ring (bicyclic) bond motifs is 1. The summed E-state index contributed by atoms with van der Waals surface area (Å²) in [7, 11) is 0. The first-order chi connectivity index (χ1) is 13.5. The number of H-pyrrole nitrogens is 1. The van der Waals surface area contributed by atoms with E-state index in [0.29, 0.717) is 23.4 Å². The lowest BCUT2D eigenvalue weighted by atomic mass is 9.74. The smallest absolute Gasteiger partial charge is 0.255 e. The van der Waals surface area contributed by atoms with E-state index < -0.39 is 5.41 Å². The minimum Gasteiger partial charge on any atom is -0.399 e. The molecule has 1 aliphatic carbocycles. The lowest BCUT2D eigenvalue weighted by molar-refractivity contribution is -0.120. The Morgan fingerprint density at radius 3 is 2.75 bits per heavy atom. The molecule has 1 unspecified atom stereocenters. The van der Waals surface area contributed by atoms with E-state index in [0.717, 1.165) is 16.6 Å². The summed E-state index contributed by atoms with van der Waals surface area (Å²) >= 11 is 0. The molecule has 4 N–H and O–H groups in total. The van der Waals surface area contributed by atoms with Gasteiger partial charge in [0.05, 0.1) is 16.6 Å². The lowest BCUT2D eigenvalue weighted by Crippen LogP contribution is -2.33. The molecule has 140 valence electrons. The standard InChI is InChI=1S/C22H20N4O2/c1-14(27)22(10-3-2-4-11-22)20-18-13-17(8-9-19(18)25-26-20)24-21(28)15-6-5-7-16(23)12-15/h2-10,12-13H,11,23H2,1H3,(H,24,28)(H,25,26). The number of allylic oxidation sites excluding steroid dienone is 4. The molecule has 4 rings (SSSR count). The van der Waals surface area contributed by atoms with Crippen LogP contribution < -0.4 is 11.1 Å². The summed E-state index contributed by atoms with van der Waals surface area (Å²) in [6.45, 7) is 1.58. The molecule has 6 nitrogen and oxygen atoms in total. The van der Waals surface area contributed by atoms with Gasteiger partial charge in [-0.25, -0.2) is 0 Å². The Morgan fingerprint density at radius 1 is 1.18 bits per heavy atom. The number of aromatic nitrogens is 2. The maximum Gasteiger partial charge on any atom is 0.255 e. The zero-order chi connectivity index (χ0) is 19.7. The number of benzene rings is 2. The van der Waals surface area contributed by atoms with E-state index in [1.165, 1.54) is 0 Å². The molecule has 6 heteroatoms. The summed E-state index contributed by atoms with van der Waals surface area (Å²) in [5, 5.41) is 11.1. The molecule has 0 fully saturated rings. The SMILES string of the molecule is CC(=O)C1(c2[nH]nc3ccc(NC(=O)c4cccc(N)c4)cc23)C=CC=CC1. The molecule has 1 heterocycles. The van der Waals surface area contributed by atoms with E-state index in [-0.39, 0.29) is 11.7 Å². The highest BCUT2D eigenvalue weighted by molar-refractivity contribution is 6.06. The van der Waals surface area contributed by atoms with Gasteiger partial charge in [0.25, 0.3) is 5.91 Å². The van der Waals surface area contributed by atoms with Gasteiger partial charge in [-0.15, -0.1) is 0 Å². The minimum absolute atomic E-state index is 0.0350. The second-order valence-corrected chi connectivity index (χ2v) is 6.93. The molecule has 1 aliphatic rings. The van der Waals surface area contributed by atoms with Crippen LogP contribution in [0.25, 0.3) is 10.9 Å². The third kappa shape index (κ3) is 2.99. The molecule has 0 radical (unpaired) electrons. The van der Waals surface area contributed by atoms with Gasteiger partial charge >= 0.3 is 0 Å². The lowest BCUT2D eigenvalue weighted by Gasteiger charge is -2.27. The quantitative estimate of drug-likeness (QED) is 0.607. The van der Waals surface area contributed by atoms with Crippen molar-refractivity contribution in [2.24, 2.45) is 0 Å². The molecule has 0 saturated heterocycles. The maximum atomic E-state index is 12.5. The number of anilines is 2. The molecular formula is C22H20N4O2. The molecule has 0 spiro atoms. The second kappa shape index (κ2) is 6.81. The topological polar surface area (TPSA) is 101 Å². The first kappa shape index (κ1) is 17.7. The highest BCUT2D eigenvalue weighted by atomic mass is 16.1. The number of hydrogen-bond donors (Lipinski definition) is 3. The molecular weight excluding hydrogens is 352 g/mol. The second-order valence-electron chi connectivity index (χ2n) is 6.93. The number of nitrogens with zero attached hydrogens (tertiary/aromatic N) is 1. The Kier molecular flexibility index (Phi) is 4.31. The van der Waals surface area contributed by atoms with Gasteiger partial charge in [-0.2, -0.15) is 5.10 Å². The zero-order valence-corrected chi connectivity index (χ0v) is 15.4. The van der Waals surface area contributed by atoms with Gasteiger partial charge in [-0.3, -0.25) is 14.7 Å². The van der Waals surface area contributed by atoms with E-state index in [4.69, 9.17) is 5.73 Å². The van der Waals surface area contributed by atoms with Gasteiger partial charge in [0.15, 0.2) is 0 Å².